The Kier molecular flexibility index (Phi) is 5.00. The van der Waals surface area contributed by atoms with Gasteiger partial charge in [0.05, 0.1) is 14.4 Å². The van der Waals surface area contributed by atoms with E-state index in [0.29, 0.717) is 4.88 Å². The van der Waals surface area contributed by atoms with Crippen LogP contribution in [-0.4, -0.2) is 11.4 Å². The molecule has 0 fully saturated rings. The molecule has 1 amide bonds. The van der Waals surface area contributed by atoms with E-state index in [0.717, 1.165) is 9.35 Å². The van der Waals surface area contributed by atoms with Gasteiger partial charge in [0.25, 0.3) is 5.91 Å². The fourth-order valence-corrected chi connectivity index (χ4v) is 3.59. The van der Waals surface area contributed by atoms with Gasteiger partial charge >= 0.3 is 5.51 Å². The van der Waals surface area contributed by atoms with Crippen molar-refractivity contribution in [2.24, 2.45) is 0 Å². The number of amides is 1. The van der Waals surface area contributed by atoms with Crippen LogP contribution in [0.5, 0.6) is 0 Å². The highest BCUT2D eigenvalue weighted by atomic mass is 79.9. The molecule has 2 nitrogen and oxygen atoms in total. The van der Waals surface area contributed by atoms with Gasteiger partial charge < -0.3 is 5.32 Å². The molecule has 1 N–H and O–H groups in total. The van der Waals surface area contributed by atoms with E-state index >= 15 is 0 Å². The van der Waals surface area contributed by atoms with Gasteiger partial charge in [-0.3, -0.25) is 4.79 Å². The highest BCUT2D eigenvalue weighted by Crippen LogP contribution is 2.40. The molecule has 0 aliphatic heterocycles. The van der Waals surface area contributed by atoms with E-state index in [2.05, 4.69) is 21.2 Å². The number of aryl methyl sites for hydroxylation is 1. The van der Waals surface area contributed by atoms with Gasteiger partial charge in [-0.05, 0) is 58.4 Å². The van der Waals surface area contributed by atoms with Gasteiger partial charge in [0.1, 0.15) is 0 Å². The summed E-state index contributed by atoms with van der Waals surface area (Å²) in [5, 5.41) is 2.52. The second-order valence-corrected chi connectivity index (χ2v) is 7.54. The number of anilines is 1. The Hall–Kier alpha value is -0.990. The molecule has 0 radical (unpaired) electrons. The van der Waals surface area contributed by atoms with Crippen LogP contribution in [0.4, 0.5) is 18.9 Å². The van der Waals surface area contributed by atoms with E-state index in [9.17, 15) is 18.0 Å². The van der Waals surface area contributed by atoms with Crippen LogP contribution in [0.3, 0.4) is 0 Å². The van der Waals surface area contributed by atoms with Gasteiger partial charge in [0.2, 0.25) is 0 Å². The lowest BCUT2D eigenvalue weighted by molar-refractivity contribution is -0.0328. The average Bonchev–Trinajstić information content (AvgIpc) is 2.70. The third-order valence-corrected chi connectivity index (χ3v) is 5.38. The molecule has 0 atom stereocenters. The highest BCUT2D eigenvalue weighted by Gasteiger charge is 2.30. The van der Waals surface area contributed by atoms with Crippen LogP contribution >= 0.6 is 39.0 Å². The van der Waals surface area contributed by atoms with Gasteiger partial charge in [0.15, 0.2) is 0 Å². The number of hydrogen-bond donors (Lipinski definition) is 1. The van der Waals surface area contributed by atoms with Crippen LogP contribution in [0.15, 0.2) is 39.0 Å². The maximum atomic E-state index is 12.5. The summed E-state index contributed by atoms with van der Waals surface area (Å²) in [6, 6.07) is 7.52. The normalized spacial score (nSPS) is 11.5. The van der Waals surface area contributed by atoms with Crippen molar-refractivity contribution in [1.29, 1.82) is 0 Å². The lowest BCUT2D eigenvalue weighted by Gasteiger charge is -2.11. The number of nitrogens with one attached hydrogen (secondary N) is 1. The van der Waals surface area contributed by atoms with Crippen molar-refractivity contribution in [2.75, 3.05) is 5.32 Å². The molecular weight excluding hydrogens is 387 g/mol. The lowest BCUT2D eigenvalue weighted by atomic mass is 10.3. The minimum Gasteiger partial charge on any atom is -0.320 e. The number of thiophene rings is 1. The Morgan fingerprint density at radius 3 is 2.57 bits per heavy atom. The van der Waals surface area contributed by atoms with Crippen LogP contribution in [0, 0.1) is 6.92 Å². The van der Waals surface area contributed by atoms with E-state index < -0.39 is 11.4 Å². The van der Waals surface area contributed by atoms with Gasteiger partial charge in [-0.1, -0.05) is 12.1 Å². The Labute approximate surface area is 135 Å². The molecule has 0 saturated heterocycles. The fourth-order valence-electron chi connectivity index (χ4n) is 1.54. The molecule has 21 heavy (non-hydrogen) atoms. The second-order valence-electron chi connectivity index (χ2n) is 4.07. The molecule has 112 valence electrons. The van der Waals surface area contributed by atoms with Crippen LogP contribution < -0.4 is 5.32 Å². The zero-order valence-corrected chi connectivity index (χ0v) is 13.8. The minimum atomic E-state index is -4.40. The maximum Gasteiger partial charge on any atom is 0.446 e. The Bertz CT molecular complexity index is 650. The first-order chi connectivity index (χ1) is 9.76. The second kappa shape index (κ2) is 6.41. The van der Waals surface area contributed by atoms with Crippen molar-refractivity contribution in [1.82, 2.24) is 0 Å². The first-order valence-electron chi connectivity index (χ1n) is 5.68. The zero-order chi connectivity index (χ0) is 15.6. The van der Waals surface area contributed by atoms with E-state index in [1.165, 1.54) is 29.5 Å². The summed E-state index contributed by atoms with van der Waals surface area (Å²) in [6.07, 6.45) is 0. The molecule has 1 heterocycles. The van der Waals surface area contributed by atoms with Crippen molar-refractivity contribution >= 4 is 50.6 Å². The number of hydrogen-bond acceptors (Lipinski definition) is 3. The van der Waals surface area contributed by atoms with Crippen molar-refractivity contribution in [3.8, 4) is 0 Å². The van der Waals surface area contributed by atoms with E-state index in [-0.39, 0.29) is 22.3 Å². The van der Waals surface area contributed by atoms with E-state index in [1.54, 1.807) is 12.1 Å². The molecule has 2 rings (SSSR count). The molecule has 0 aliphatic rings. The quantitative estimate of drug-likeness (QED) is 0.676. The summed E-state index contributed by atoms with van der Waals surface area (Å²) in [6.45, 7) is 1.84. The van der Waals surface area contributed by atoms with Crippen molar-refractivity contribution in [2.45, 2.75) is 17.3 Å². The van der Waals surface area contributed by atoms with Crippen molar-refractivity contribution in [3.63, 3.8) is 0 Å². The molecule has 1 aromatic heterocycles. The van der Waals surface area contributed by atoms with E-state index in [1.807, 2.05) is 6.92 Å². The number of carbonyl (C=O) groups is 1. The first-order valence-corrected chi connectivity index (χ1v) is 8.11. The number of benzene rings is 1. The third kappa shape index (κ3) is 4.49. The molecule has 8 heteroatoms. The average molecular weight is 396 g/mol. The standard InChI is InChI=1S/C13H9BrF3NOS2/c1-7-6-10(20-11(7)14)12(19)18-8-4-2-3-5-9(8)21-13(15,16)17/h2-6H,1H3,(H,18,19). The number of rotatable bonds is 3. The number of thioether (sulfide) groups is 1. The molecule has 2 aromatic rings. The maximum absolute atomic E-state index is 12.5. The molecule has 0 spiro atoms. The Morgan fingerprint density at radius 1 is 1.33 bits per heavy atom. The largest absolute Gasteiger partial charge is 0.446 e. The number of carbonyl (C=O) groups excluding carboxylic acids is 1. The molecule has 0 saturated carbocycles. The van der Waals surface area contributed by atoms with Crippen LogP contribution in [0.2, 0.25) is 0 Å². The predicted octanol–water partition coefficient (Wildman–Crippen LogP) is 5.68. The number of para-hydroxylation sites is 1. The third-order valence-electron chi connectivity index (χ3n) is 2.44. The van der Waals surface area contributed by atoms with Crippen LogP contribution in [0.1, 0.15) is 15.2 Å². The van der Waals surface area contributed by atoms with E-state index in [4.69, 9.17) is 0 Å². The Morgan fingerprint density at radius 2 is 2.00 bits per heavy atom. The summed E-state index contributed by atoms with van der Waals surface area (Å²) < 4.78 is 38.3. The summed E-state index contributed by atoms with van der Waals surface area (Å²) in [4.78, 5) is 12.5. The highest BCUT2D eigenvalue weighted by molar-refractivity contribution is 9.11. The minimum absolute atomic E-state index is 0.0364. The molecule has 1 aromatic carbocycles. The Balaban J connectivity index is 2.21. The summed E-state index contributed by atoms with van der Waals surface area (Å²) in [5.41, 5.74) is -3.35. The number of halogens is 4. The lowest BCUT2D eigenvalue weighted by Crippen LogP contribution is -2.11. The summed E-state index contributed by atoms with van der Waals surface area (Å²) >= 11 is 4.30. The zero-order valence-electron chi connectivity index (χ0n) is 10.6. The smallest absolute Gasteiger partial charge is 0.320 e. The predicted molar refractivity (Wildman–Crippen MR) is 83.1 cm³/mol. The van der Waals surface area contributed by atoms with Gasteiger partial charge in [-0.15, -0.1) is 11.3 Å². The van der Waals surface area contributed by atoms with Crippen molar-refractivity contribution in [3.05, 3.63) is 44.6 Å². The fraction of sp³-hybridized carbons (Fsp3) is 0.154. The summed E-state index contributed by atoms with van der Waals surface area (Å²) in [5.74, 6) is -0.427. The SMILES string of the molecule is Cc1cc(C(=O)Nc2ccccc2SC(F)(F)F)sc1Br. The first kappa shape index (κ1) is 16.4. The van der Waals surface area contributed by atoms with Crippen LogP contribution in [0.25, 0.3) is 0 Å². The summed E-state index contributed by atoms with van der Waals surface area (Å²) in [7, 11) is 0. The monoisotopic (exact) mass is 395 g/mol. The molecule has 0 unspecified atom stereocenters. The number of alkyl halides is 3. The van der Waals surface area contributed by atoms with Crippen molar-refractivity contribution < 1.29 is 18.0 Å². The van der Waals surface area contributed by atoms with Crippen LogP contribution in [-0.2, 0) is 0 Å². The van der Waals surface area contributed by atoms with Gasteiger partial charge in [0, 0.05) is 4.90 Å². The van der Waals surface area contributed by atoms with Gasteiger partial charge in [-0.25, -0.2) is 0 Å². The van der Waals surface area contributed by atoms with Gasteiger partial charge in [-0.2, -0.15) is 13.2 Å². The molecule has 0 bridgehead atoms. The molecular formula is C13H9BrF3NOS2. The molecule has 0 aliphatic carbocycles. The topological polar surface area (TPSA) is 29.1 Å².